The lowest BCUT2D eigenvalue weighted by Crippen LogP contribution is -2.40. The van der Waals surface area contributed by atoms with Gasteiger partial charge in [0.2, 0.25) is 0 Å². The number of thiazole rings is 1. The summed E-state index contributed by atoms with van der Waals surface area (Å²) in [4.78, 5) is 5.59. The molecule has 0 aliphatic carbocycles. The second-order valence-corrected chi connectivity index (χ2v) is 5.90. The van der Waals surface area contributed by atoms with Crippen molar-refractivity contribution in [3.63, 3.8) is 0 Å². The van der Waals surface area contributed by atoms with Crippen molar-refractivity contribution in [2.24, 2.45) is 5.41 Å². The van der Waals surface area contributed by atoms with Gasteiger partial charge in [0.25, 0.3) is 0 Å². The molecule has 0 spiro atoms. The van der Waals surface area contributed by atoms with E-state index in [2.05, 4.69) is 17.2 Å². The summed E-state index contributed by atoms with van der Waals surface area (Å²) in [6.45, 7) is 6.26. The van der Waals surface area contributed by atoms with Gasteiger partial charge < -0.3 is 10.1 Å². The van der Waals surface area contributed by atoms with Gasteiger partial charge in [0.1, 0.15) is 0 Å². The molecule has 0 amide bonds. The van der Waals surface area contributed by atoms with Crippen LogP contribution in [0.15, 0.2) is 11.7 Å². The molecule has 1 aromatic heterocycles. The Hall–Kier alpha value is -0.450. The molecule has 0 saturated carbocycles. The summed E-state index contributed by atoms with van der Waals surface area (Å²) < 4.78 is 5.51. The molecule has 4 heteroatoms. The van der Waals surface area contributed by atoms with Gasteiger partial charge in [-0.3, -0.25) is 4.98 Å². The molecule has 0 atom stereocenters. The molecule has 2 rings (SSSR count). The smallest absolute Gasteiger partial charge is 0.0794 e. The topological polar surface area (TPSA) is 34.2 Å². The molecule has 96 valence electrons. The summed E-state index contributed by atoms with van der Waals surface area (Å²) in [5.74, 6) is 0. The zero-order chi connectivity index (χ0) is 12.0. The van der Waals surface area contributed by atoms with Crippen molar-refractivity contribution in [1.29, 1.82) is 0 Å². The molecule has 17 heavy (non-hydrogen) atoms. The lowest BCUT2D eigenvalue weighted by molar-refractivity contribution is 0.0154. The van der Waals surface area contributed by atoms with Crippen LogP contribution in [0.1, 0.15) is 31.1 Å². The molecule has 2 heterocycles. The molecule has 3 nitrogen and oxygen atoms in total. The van der Waals surface area contributed by atoms with Crippen molar-refractivity contribution >= 4 is 11.3 Å². The number of nitrogens with zero attached hydrogens (tertiary/aromatic N) is 1. The number of hydrogen-bond donors (Lipinski definition) is 1. The van der Waals surface area contributed by atoms with Crippen LogP contribution in [0, 0.1) is 5.41 Å². The number of aromatic nitrogens is 1. The lowest BCUT2D eigenvalue weighted by atomic mass is 9.77. The first-order valence-corrected chi connectivity index (χ1v) is 7.38. The second-order valence-electron chi connectivity index (χ2n) is 4.93. The van der Waals surface area contributed by atoms with Crippen molar-refractivity contribution in [3.8, 4) is 0 Å². The Kier molecular flexibility index (Phi) is 4.95. The van der Waals surface area contributed by atoms with E-state index in [9.17, 15) is 0 Å². The van der Waals surface area contributed by atoms with Gasteiger partial charge in [0, 0.05) is 30.8 Å². The van der Waals surface area contributed by atoms with Crippen molar-refractivity contribution in [3.05, 3.63) is 16.6 Å². The molecular formula is C13H22N2OS. The van der Waals surface area contributed by atoms with E-state index in [1.54, 1.807) is 11.3 Å². The Bertz CT molecular complexity index is 307. The zero-order valence-electron chi connectivity index (χ0n) is 10.6. The van der Waals surface area contributed by atoms with Crippen LogP contribution in [0.5, 0.6) is 0 Å². The molecule has 1 saturated heterocycles. The fourth-order valence-electron chi connectivity index (χ4n) is 2.45. The first-order chi connectivity index (χ1) is 8.35. The van der Waals surface area contributed by atoms with Gasteiger partial charge in [0.05, 0.1) is 5.51 Å². The van der Waals surface area contributed by atoms with E-state index in [0.717, 1.165) is 32.7 Å². The van der Waals surface area contributed by atoms with Gasteiger partial charge in [-0.15, -0.1) is 11.3 Å². The Labute approximate surface area is 108 Å². The number of nitrogens with one attached hydrogen (secondary N) is 1. The fraction of sp³-hybridized carbons (Fsp3) is 0.769. The number of hydrogen-bond acceptors (Lipinski definition) is 4. The van der Waals surface area contributed by atoms with E-state index in [1.807, 2.05) is 11.7 Å². The van der Waals surface area contributed by atoms with Crippen molar-refractivity contribution in [2.75, 3.05) is 26.3 Å². The van der Waals surface area contributed by atoms with Crippen LogP contribution in [0.25, 0.3) is 0 Å². The van der Waals surface area contributed by atoms with E-state index in [4.69, 9.17) is 4.74 Å². The van der Waals surface area contributed by atoms with Gasteiger partial charge >= 0.3 is 0 Å². The maximum absolute atomic E-state index is 5.51. The van der Waals surface area contributed by atoms with Crippen LogP contribution < -0.4 is 5.32 Å². The van der Waals surface area contributed by atoms with E-state index in [1.165, 1.54) is 24.1 Å². The molecule has 1 aromatic rings. The monoisotopic (exact) mass is 254 g/mol. The molecule has 0 aromatic carbocycles. The highest BCUT2D eigenvalue weighted by atomic mass is 32.1. The van der Waals surface area contributed by atoms with E-state index >= 15 is 0 Å². The molecule has 0 unspecified atom stereocenters. The van der Waals surface area contributed by atoms with Crippen molar-refractivity contribution in [1.82, 2.24) is 10.3 Å². The van der Waals surface area contributed by atoms with Crippen molar-refractivity contribution < 1.29 is 4.74 Å². The molecule has 1 fully saturated rings. The first-order valence-electron chi connectivity index (χ1n) is 6.50. The third-order valence-corrected chi connectivity index (χ3v) is 4.29. The van der Waals surface area contributed by atoms with Crippen LogP contribution in [-0.2, 0) is 11.2 Å². The summed E-state index contributed by atoms with van der Waals surface area (Å²) in [5.41, 5.74) is 2.32. The van der Waals surface area contributed by atoms with Gasteiger partial charge in [-0.25, -0.2) is 0 Å². The predicted octanol–water partition coefficient (Wildman–Crippen LogP) is 2.48. The third kappa shape index (κ3) is 3.76. The van der Waals surface area contributed by atoms with E-state index in [0.29, 0.717) is 5.41 Å². The molecule has 0 radical (unpaired) electrons. The minimum atomic E-state index is 0.389. The highest BCUT2D eigenvalue weighted by Gasteiger charge is 2.32. The first kappa shape index (κ1) is 13.0. The Morgan fingerprint density at radius 1 is 1.47 bits per heavy atom. The van der Waals surface area contributed by atoms with Gasteiger partial charge in [0.15, 0.2) is 0 Å². The van der Waals surface area contributed by atoms with Crippen LogP contribution >= 0.6 is 11.3 Å². The van der Waals surface area contributed by atoms with Gasteiger partial charge in [-0.1, -0.05) is 6.92 Å². The van der Waals surface area contributed by atoms with Crippen LogP contribution in [0.3, 0.4) is 0 Å². The fourth-order valence-corrected chi connectivity index (χ4v) is 3.22. The van der Waals surface area contributed by atoms with Crippen LogP contribution in [0.4, 0.5) is 0 Å². The molecule has 1 aliphatic rings. The molecule has 1 N–H and O–H groups in total. The summed E-state index contributed by atoms with van der Waals surface area (Å²) in [6.07, 6.45) is 6.70. The molecular weight excluding hydrogens is 232 g/mol. The van der Waals surface area contributed by atoms with E-state index in [-0.39, 0.29) is 0 Å². The summed E-state index contributed by atoms with van der Waals surface area (Å²) in [7, 11) is 0. The maximum Gasteiger partial charge on any atom is 0.0794 e. The quantitative estimate of drug-likeness (QED) is 0.792. The average molecular weight is 254 g/mol. The largest absolute Gasteiger partial charge is 0.381 e. The van der Waals surface area contributed by atoms with Gasteiger partial charge in [-0.2, -0.15) is 0 Å². The minimum Gasteiger partial charge on any atom is -0.381 e. The minimum absolute atomic E-state index is 0.389. The molecule has 0 bridgehead atoms. The Balaban J connectivity index is 1.95. The standard InChI is InChI=1S/C13H22N2OS/c1-2-5-14-10-13(3-6-16-7-4-13)8-12-9-15-11-17-12/h9,11,14H,2-8,10H2,1H3. The average Bonchev–Trinajstić information content (AvgIpc) is 2.83. The summed E-state index contributed by atoms with van der Waals surface area (Å²) in [6, 6.07) is 0. The Morgan fingerprint density at radius 3 is 2.94 bits per heavy atom. The number of rotatable bonds is 6. The summed E-state index contributed by atoms with van der Waals surface area (Å²) >= 11 is 1.77. The molecule has 1 aliphatic heterocycles. The van der Waals surface area contributed by atoms with E-state index < -0.39 is 0 Å². The third-order valence-electron chi connectivity index (χ3n) is 3.51. The highest BCUT2D eigenvalue weighted by Crippen LogP contribution is 2.34. The predicted molar refractivity (Wildman–Crippen MR) is 71.5 cm³/mol. The van der Waals surface area contributed by atoms with Gasteiger partial charge in [-0.05, 0) is 37.6 Å². The zero-order valence-corrected chi connectivity index (χ0v) is 11.4. The number of ether oxygens (including phenoxy) is 1. The summed E-state index contributed by atoms with van der Waals surface area (Å²) in [5, 5.41) is 3.59. The SMILES string of the molecule is CCCNCC1(Cc2cncs2)CCOCC1. The van der Waals surface area contributed by atoms with Crippen LogP contribution in [0.2, 0.25) is 0 Å². The second kappa shape index (κ2) is 6.47. The Morgan fingerprint density at radius 2 is 2.29 bits per heavy atom. The lowest BCUT2D eigenvalue weighted by Gasteiger charge is -2.37. The maximum atomic E-state index is 5.51. The van der Waals surface area contributed by atoms with Crippen LogP contribution in [-0.4, -0.2) is 31.3 Å². The normalized spacial score (nSPS) is 19.4. The van der Waals surface area contributed by atoms with Crippen molar-refractivity contribution in [2.45, 2.75) is 32.6 Å². The highest BCUT2D eigenvalue weighted by molar-refractivity contribution is 7.09.